The Labute approximate surface area is 208 Å². The van der Waals surface area contributed by atoms with Crippen molar-refractivity contribution in [1.82, 2.24) is 14.8 Å². The minimum absolute atomic E-state index is 0.0351. The van der Waals surface area contributed by atoms with Gasteiger partial charge in [-0.25, -0.2) is 0 Å². The van der Waals surface area contributed by atoms with Crippen LogP contribution in [-0.2, 0) is 11.3 Å². The minimum atomic E-state index is -0.426. The standard InChI is InChI=1S/C26H28N6O4/c27-16-21-26(36-24(29-21)22-2-1-15-35-22)32-9-7-20(8-10-32)25(34)31-13-11-30(12-14-31)17-18-3-5-19(6-4-18)23(28)33/h1-6,15,20H,7-14,17H2,(H2,28,33). The minimum Gasteiger partial charge on any atom is -0.459 e. The van der Waals surface area contributed by atoms with Crippen LogP contribution in [0.25, 0.3) is 11.7 Å². The van der Waals surface area contributed by atoms with E-state index in [2.05, 4.69) is 16.0 Å². The Bertz CT molecular complexity index is 1240. The van der Waals surface area contributed by atoms with Crippen molar-refractivity contribution in [3.8, 4) is 17.7 Å². The molecule has 36 heavy (non-hydrogen) atoms. The molecule has 3 aromatic rings. The van der Waals surface area contributed by atoms with Crippen molar-refractivity contribution in [3.63, 3.8) is 0 Å². The smallest absolute Gasteiger partial charge is 0.266 e. The first-order valence-electron chi connectivity index (χ1n) is 12.1. The predicted octanol–water partition coefficient (Wildman–Crippen LogP) is 2.47. The zero-order valence-electron chi connectivity index (χ0n) is 19.9. The number of piperidine rings is 1. The van der Waals surface area contributed by atoms with Crippen LogP contribution in [0.2, 0.25) is 0 Å². The van der Waals surface area contributed by atoms with E-state index in [1.54, 1.807) is 24.3 Å². The molecule has 10 heteroatoms. The second-order valence-electron chi connectivity index (χ2n) is 9.19. The number of primary amides is 1. The molecule has 0 spiro atoms. The average molecular weight is 489 g/mol. The van der Waals surface area contributed by atoms with Crippen molar-refractivity contribution in [2.24, 2.45) is 11.7 Å². The summed E-state index contributed by atoms with van der Waals surface area (Å²) in [7, 11) is 0. The van der Waals surface area contributed by atoms with Crippen LogP contribution in [-0.4, -0.2) is 65.9 Å². The highest BCUT2D eigenvalue weighted by Gasteiger charge is 2.32. The van der Waals surface area contributed by atoms with Crippen LogP contribution in [0.4, 0.5) is 5.88 Å². The van der Waals surface area contributed by atoms with Gasteiger partial charge in [0.25, 0.3) is 5.89 Å². The van der Waals surface area contributed by atoms with Crippen molar-refractivity contribution < 1.29 is 18.4 Å². The SMILES string of the molecule is N#Cc1nc(-c2ccco2)oc1N1CCC(C(=O)N2CCN(Cc3ccc(C(N)=O)cc3)CC2)CC1. The number of carbonyl (C=O) groups excluding carboxylic acids is 2. The maximum atomic E-state index is 13.2. The van der Waals surface area contributed by atoms with Crippen molar-refractivity contribution >= 4 is 17.7 Å². The van der Waals surface area contributed by atoms with Crippen LogP contribution in [0, 0.1) is 17.2 Å². The third-order valence-corrected chi connectivity index (χ3v) is 6.91. The van der Waals surface area contributed by atoms with Gasteiger partial charge in [-0.15, -0.1) is 0 Å². The third-order valence-electron chi connectivity index (χ3n) is 6.91. The molecule has 2 N–H and O–H groups in total. The van der Waals surface area contributed by atoms with Gasteiger partial charge < -0.3 is 24.4 Å². The lowest BCUT2D eigenvalue weighted by molar-refractivity contribution is -0.138. The van der Waals surface area contributed by atoms with Gasteiger partial charge in [-0.2, -0.15) is 10.2 Å². The van der Waals surface area contributed by atoms with Gasteiger partial charge in [-0.1, -0.05) is 12.1 Å². The van der Waals surface area contributed by atoms with E-state index in [4.69, 9.17) is 14.6 Å². The number of aromatic nitrogens is 1. The van der Waals surface area contributed by atoms with Gasteiger partial charge in [0.15, 0.2) is 5.76 Å². The first-order valence-corrected chi connectivity index (χ1v) is 12.1. The lowest BCUT2D eigenvalue weighted by Gasteiger charge is -2.38. The molecule has 1 aromatic carbocycles. The monoisotopic (exact) mass is 488 g/mol. The highest BCUT2D eigenvalue weighted by atomic mass is 16.4. The highest BCUT2D eigenvalue weighted by Crippen LogP contribution is 2.31. The van der Waals surface area contributed by atoms with E-state index in [1.807, 2.05) is 21.9 Å². The molecule has 2 amide bonds. The Hall–Kier alpha value is -4.10. The number of hydrogen-bond donors (Lipinski definition) is 1. The molecule has 2 aliphatic heterocycles. The summed E-state index contributed by atoms with van der Waals surface area (Å²) in [4.78, 5) is 35.0. The zero-order valence-corrected chi connectivity index (χ0v) is 19.9. The molecule has 2 aromatic heterocycles. The Kier molecular flexibility index (Phi) is 6.73. The number of piperazine rings is 1. The van der Waals surface area contributed by atoms with Gasteiger partial charge in [-0.05, 0) is 42.7 Å². The fraction of sp³-hybridized carbons (Fsp3) is 0.385. The number of hydrogen-bond acceptors (Lipinski definition) is 8. The van der Waals surface area contributed by atoms with Crippen molar-refractivity contribution in [2.75, 3.05) is 44.2 Å². The molecule has 0 atom stereocenters. The molecule has 0 unspecified atom stereocenters. The maximum absolute atomic E-state index is 13.2. The highest BCUT2D eigenvalue weighted by molar-refractivity contribution is 5.92. The van der Waals surface area contributed by atoms with Crippen LogP contribution in [0.3, 0.4) is 0 Å². The third kappa shape index (κ3) is 4.97. The number of benzene rings is 1. The summed E-state index contributed by atoms with van der Waals surface area (Å²) in [5, 5.41) is 9.51. The maximum Gasteiger partial charge on any atom is 0.266 e. The summed E-state index contributed by atoms with van der Waals surface area (Å²) in [6, 6.07) is 12.9. The number of amides is 2. The molecule has 2 fully saturated rings. The molecule has 4 heterocycles. The molecule has 0 aliphatic carbocycles. The Morgan fingerprint density at radius 3 is 2.39 bits per heavy atom. The molecular formula is C26H28N6O4. The van der Waals surface area contributed by atoms with Crippen LogP contribution < -0.4 is 10.6 Å². The zero-order chi connectivity index (χ0) is 25.1. The van der Waals surface area contributed by atoms with Crippen LogP contribution in [0.5, 0.6) is 0 Å². The number of anilines is 1. The molecule has 0 radical (unpaired) electrons. The van der Waals surface area contributed by atoms with Gasteiger partial charge >= 0.3 is 0 Å². The lowest BCUT2D eigenvalue weighted by Crippen LogP contribution is -2.51. The van der Waals surface area contributed by atoms with Crippen molar-refractivity contribution in [1.29, 1.82) is 5.26 Å². The number of nitriles is 1. The quantitative estimate of drug-likeness (QED) is 0.559. The Morgan fingerprint density at radius 2 is 1.78 bits per heavy atom. The van der Waals surface area contributed by atoms with Gasteiger partial charge in [0.2, 0.25) is 23.4 Å². The van der Waals surface area contributed by atoms with Crippen LogP contribution >= 0.6 is 0 Å². The number of nitrogens with zero attached hydrogens (tertiary/aromatic N) is 5. The summed E-state index contributed by atoms with van der Waals surface area (Å²) < 4.78 is 11.2. The normalized spacial score (nSPS) is 17.2. The van der Waals surface area contributed by atoms with Gasteiger partial charge in [0.05, 0.1) is 6.26 Å². The summed E-state index contributed by atoms with van der Waals surface area (Å²) in [5.74, 6) is 0.939. The van der Waals surface area contributed by atoms with Crippen molar-refractivity contribution in [2.45, 2.75) is 19.4 Å². The van der Waals surface area contributed by atoms with E-state index in [0.717, 1.165) is 25.2 Å². The van der Waals surface area contributed by atoms with Crippen molar-refractivity contribution in [3.05, 3.63) is 59.5 Å². The van der Waals surface area contributed by atoms with E-state index in [1.165, 1.54) is 6.26 Å². The first kappa shape index (κ1) is 23.6. The number of nitrogens with two attached hydrogens (primary N) is 1. The van der Waals surface area contributed by atoms with E-state index in [9.17, 15) is 14.9 Å². The summed E-state index contributed by atoms with van der Waals surface area (Å²) >= 11 is 0. The van der Waals surface area contributed by atoms with Gasteiger partial charge in [0.1, 0.15) is 6.07 Å². The average Bonchev–Trinajstić information content (AvgIpc) is 3.59. The number of carbonyl (C=O) groups is 2. The molecule has 2 aliphatic rings. The fourth-order valence-electron chi connectivity index (χ4n) is 4.85. The number of rotatable bonds is 6. The number of furan rings is 1. The summed E-state index contributed by atoms with van der Waals surface area (Å²) in [6.07, 6.45) is 2.94. The van der Waals surface area contributed by atoms with Crippen LogP contribution in [0.1, 0.15) is 34.5 Å². The van der Waals surface area contributed by atoms with Crippen LogP contribution in [0.15, 0.2) is 51.5 Å². The fourth-order valence-corrected chi connectivity index (χ4v) is 4.85. The predicted molar refractivity (Wildman–Crippen MR) is 131 cm³/mol. The van der Waals surface area contributed by atoms with E-state index < -0.39 is 5.91 Å². The van der Waals surface area contributed by atoms with Gasteiger partial charge in [-0.3, -0.25) is 14.5 Å². The number of oxazole rings is 1. The molecule has 10 nitrogen and oxygen atoms in total. The summed E-state index contributed by atoms with van der Waals surface area (Å²) in [5.41, 5.74) is 7.16. The Morgan fingerprint density at radius 1 is 1.06 bits per heavy atom. The molecule has 0 saturated carbocycles. The second-order valence-corrected chi connectivity index (χ2v) is 9.19. The first-order chi connectivity index (χ1) is 17.5. The van der Waals surface area contributed by atoms with E-state index in [-0.39, 0.29) is 23.4 Å². The van der Waals surface area contributed by atoms with Gasteiger partial charge in [0, 0.05) is 57.3 Å². The second kappa shape index (κ2) is 10.3. The lowest BCUT2D eigenvalue weighted by atomic mass is 9.95. The molecule has 0 bridgehead atoms. The largest absolute Gasteiger partial charge is 0.459 e. The molecular weight excluding hydrogens is 460 g/mol. The summed E-state index contributed by atoms with van der Waals surface area (Å²) in [6.45, 7) is 5.04. The molecule has 186 valence electrons. The molecule has 2 saturated heterocycles. The topological polar surface area (TPSA) is 133 Å². The van der Waals surface area contributed by atoms with E-state index >= 15 is 0 Å². The van der Waals surface area contributed by atoms with E-state index in [0.29, 0.717) is 56.2 Å². The molecule has 5 rings (SSSR count). The Balaban J connectivity index is 1.12.